The third-order valence-corrected chi connectivity index (χ3v) is 8.88. The molecule has 2 heterocycles. The van der Waals surface area contributed by atoms with Crippen LogP contribution in [-0.4, -0.2) is 9.13 Å². The van der Waals surface area contributed by atoms with E-state index in [4.69, 9.17) is 0 Å². The van der Waals surface area contributed by atoms with E-state index in [0.29, 0.717) is 0 Å². The van der Waals surface area contributed by atoms with Gasteiger partial charge in [0.15, 0.2) is 0 Å². The molecule has 0 saturated carbocycles. The number of hydrogen-bond acceptors (Lipinski definition) is 0. The largest absolute Gasteiger partial charge is 0.341 e. The van der Waals surface area contributed by atoms with Crippen LogP contribution in [0.1, 0.15) is 42.5 Å². The molecule has 7 aromatic rings. The quantitative estimate of drug-likeness (QED) is 0.118. The van der Waals surface area contributed by atoms with Crippen LogP contribution in [0.3, 0.4) is 0 Å². The van der Waals surface area contributed by atoms with E-state index < -0.39 is 0 Å². The maximum absolute atomic E-state index is 4.31. The van der Waals surface area contributed by atoms with Gasteiger partial charge in [-0.25, -0.2) is 0 Å². The van der Waals surface area contributed by atoms with E-state index in [1.807, 2.05) is 0 Å². The minimum absolute atomic E-state index is 0.857. The van der Waals surface area contributed by atoms with Crippen molar-refractivity contribution in [1.82, 2.24) is 9.13 Å². The van der Waals surface area contributed by atoms with E-state index in [0.717, 1.165) is 30.6 Å². The van der Waals surface area contributed by atoms with Crippen LogP contribution in [0.2, 0.25) is 0 Å². The topological polar surface area (TPSA) is 9.86 Å². The zero-order valence-electron chi connectivity index (χ0n) is 26.1. The molecule has 2 heteroatoms. The molecule has 2 nitrogen and oxygen atoms in total. The summed E-state index contributed by atoms with van der Waals surface area (Å²) in [5.41, 5.74) is 11.0. The SMILES string of the molecule is C=C(/C=C\C/C=C/c1ccc2c(c1)c1ccccc1n2CC)c1ccc(/C=C/c2ccc3c(c2)c2ccccc2n3CC)cc1. The molecule has 0 aliphatic carbocycles. The highest BCUT2D eigenvalue weighted by atomic mass is 15.0. The van der Waals surface area contributed by atoms with Crippen LogP contribution in [0, 0.1) is 0 Å². The number of para-hydroxylation sites is 2. The highest BCUT2D eigenvalue weighted by molar-refractivity contribution is 6.09. The first-order valence-electron chi connectivity index (χ1n) is 16.0. The fraction of sp³-hybridized carbons (Fsp3) is 0.116. The number of aromatic nitrogens is 2. The molecule has 0 saturated heterocycles. The number of aryl methyl sites for hydroxylation is 2. The molecule has 0 bridgehead atoms. The van der Waals surface area contributed by atoms with Gasteiger partial charge in [-0.1, -0.05) is 116 Å². The zero-order chi connectivity index (χ0) is 30.8. The lowest BCUT2D eigenvalue weighted by atomic mass is 10.0. The lowest BCUT2D eigenvalue weighted by Gasteiger charge is -2.03. The number of hydrogen-bond donors (Lipinski definition) is 0. The maximum Gasteiger partial charge on any atom is 0.0491 e. The second-order valence-electron chi connectivity index (χ2n) is 11.6. The lowest BCUT2D eigenvalue weighted by molar-refractivity contribution is 0.827. The van der Waals surface area contributed by atoms with Crippen molar-refractivity contribution in [2.24, 2.45) is 0 Å². The third kappa shape index (κ3) is 5.45. The molecule has 0 N–H and O–H groups in total. The lowest BCUT2D eigenvalue weighted by Crippen LogP contribution is -1.92. The highest BCUT2D eigenvalue weighted by Gasteiger charge is 2.10. The van der Waals surface area contributed by atoms with Gasteiger partial charge in [-0.05, 0) is 84.5 Å². The Hall–Kier alpha value is -5.34. The van der Waals surface area contributed by atoms with Gasteiger partial charge in [-0.3, -0.25) is 0 Å². The second-order valence-corrected chi connectivity index (χ2v) is 11.6. The summed E-state index contributed by atoms with van der Waals surface area (Å²) in [5.74, 6) is 0. The fourth-order valence-corrected chi connectivity index (χ4v) is 6.62. The number of fused-ring (bicyclic) bond motifs is 6. The summed E-state index contributed by atoms with van der Waals surface area (Å²) in [6.07, 6.45) is 14.0. The molecule has 45 heavy (non-hydrogen) atoms. The van der Waals surface area contributed by atoms with Crippen LogP contribution in [0.4, 0.5) is 0 Å². The van der Waals surface area contributed by atoms with E-state index >= 15 is 0 Å². The van der Waals surface area contributed by atoms with Crippen LogP contribution in [-0.2, 0) is 13.1 Å². The predicted octanol–water partition coefficient (Wildman–Crippen LogP) is 11.8. The Kier molecular flexibility index (Phi) is 7.80. The molecule has 220 valence electrons. The minimum Gasteiger partial charge on any atom is -0.341 e. The first kappa shape index (κ1) is 28.4. The van der Waals surface area contributed by atoms with Crippen LogP contribution in [0.5, 0.6) is 0 Å². The molecule has 0 unspecified atom stereocenters. The van der Waals surface area contributed by atoms with Crippen molar-refractivity contribution < 1.29 is 0 Å². The smallest absolute Gasteiger partial charge is 0.0491 e. The van der Waals surface area contributed by atoms with Crippen LogP contribution < -0.4 is 0 Å². The first-order valence-corrected chi connectivity index (χ1v) is 16.0. The fourth-order valence-electron chi connectivity index (χ4n) is 6.62. The van der Waals surface area contributed by atoms with Crippen LogP contribution in [0.25, 0.3) is 67.4 Å². The molecule has 7 rings (SSSR count). The maximum atomic E-state index is 4.31. The Morgan fingerprint density at radius 2 is 1.02 bits per heavy atom. The Balaban J connectivity index is 0.992. The average molecular weight is 583 g/mol. The van der Waals surface area contributed by atoms with E-state index in [9.17, 15) is 0 Å². The van der Waals surface area contributed by atoms with Gasteiger partial charge >= 0.3 is 0 Å². The summed E-state index contributed by atoms with van der Waals surface area (Å²) >= 11 is 0. The average Bonchev–Trinajstić information content (AvgIpc) is 3.58. The first-order chi connectivity index (χ1) is 22.1. The van der Waals surface area contributed by atoms with Gasteiger partial charge in [-0.15, -0.1) is 0 Å². The van der Waals surface area contributed by atoms with Crippen molar-refractivity contribution in [1.29, 1.82) is 0 Å². The molecule has 0 radical (unpaired) electrons. The molecule has 0 fully saturated rings. The van der Waals surface area contributed by atoms with Crippen LogP contribution >= 0.6 is 0 Å². The summed E-state index contributed by atoms with van der Waals surface area (Å²) in [6.45, 7) is 10.7. The minimum atomic E-state index is 0.857. The van der Waals surface area contributed by atoms with Crippen molar-refractivity contribution in [2.75, 3.05) is 0 Å². The number of allylic oxidation sites excluding steroid dienone is 4. The van der Waals surface area contributed by atoms with Crippen molar-refractivity contribution in [2.45, 2.75) is 33.4 Å². The molecule has 0 aliphatic rings. The Morgan fingerprint density at radius 3 is 1.60 bits per heavy atom. The van der Waals surface area contributed by atoms with E-state index in [-0.39, 0.29) is 0 Å². The molecular formula is C43H38N2. The van der Waals surface area contributed by atoms with Gasteiger partial charge in [0.05, 0.1) is 0 Å². The highest BCUT2D eigenvalue weighted by Crippen LogP contribution is 2.31. The molecule has 0 aliphatic heterocycles. The van der Waals surface area contributed by atoms with Gasteiger partial charge in [0, 0.05) is 56.7 Å². The molecule has 2 aromatic heterocycles. The zero-order valence-corrected chi connectivity index (χ0v) is 26.1. The van der Waals surface area contributed by atoms with Gasteiger partial charge in [0.25, 0.3) is 0 Å². The summed E-state index contributed by atoms with van der Waals surface area (Å²) in [5, 5.41) is 5.26. The summed E-state index contributed by atoms with van der Waals surface area (Å²) < 4.78 is 4.78. The molecule has 0 atom stereocenters. The third-order valence-electron chi connectivity index (χ3n) is 8.88. The van der Waals surface area contributed by atoms with Gasteiger partial charge in [-0.2, -0.15) is 0 Å². The van der Waals surface area contributed by atoms with Gasteiger partial charge < -0.3 is 9.13 Å². The molecular weight excluding hydrogens is 544 g/mol. The normalized spacial score (nSPS) is 12.3. The number of rotatable bonds is 9. The monoisotopic (exact) mass is 582 g/mol. The standard InChI is InChI=1S/C43H38N2/c1-4-44-40-17-11-9-15-36(40)38-29-33(23-27-42(38)44)14-8-6-7-13-31(3)35-25-21-32(22-26-35)19-20-34-24-28-43-39(30-34)37-16-10-12-18-41(37)45(43)5-2/h7-30H,3-6H2,1-2H3/b13-7-,14-8+,20-19+. The van der Waals surface area contributed by atoms with E-state index in [1.54, 1.807) is 0 Å². The van der Waals surface area contributed by atoms with Crippen LogP contribution in [0.15, 0.2) is 134 Å². The number of nitrogens with zero attached hydrogens (tertiary/aromatic N) is 2. The summed E-state index contributed by atoms with van der Waals surface area (Å²) in [4.78, 5) is 0. The van der Waals surface area contributed by atoms with Gasteiger partial charge in [0.1, 0.15) is 0 Å². The molecule has 5 aromatic carbocycles. The Morgan fingerprint density at radius 1 is 0.533 bits per heavy atom. The van der Waals surface area contributed by atoms with E-state index in [2.05, 4.69) is 175 Å². The summed E-state index contributed by atoms with van der Waals surface area (Å²) in [6, 6.07) is 39.5. The summed E-state index contributed by atoms with van der Waals surface area (Å²) in [7, 11) is 0. The van der Waals surface area contributed by atoms with Gasteiger partial charge in [0.2, 0.25) is 0 Å². The Bertz CT molecular complexity index is 2270. The molecule has 0 amide bonds. The van der Waals surface area contributed by atoms with Crippen molar-refractivity contribution in [3.05, 3.63) is 156 Å². The van der Waals surface area contributed by atoms with Crippen molar-refractivity contribution in [3.8, 4) is 0 Å². The predicted molar refractivity (Wildman–Crippen MR) is 197 cm³/mol. The van der Waals surface area contributed by atoms with Crippen molar-refractivity contribution >= 4 is 67.4 Å². The Labute approximate surface area is 265 Å². The molecule has 0 spiro atoms. The van der Waals surface area contributed by atoms with Crippen molar-refractivity contribution in [3.63, 3.8) is 0 Å². The van der Waals surface area contributed by atoms with E-state index in [1.165, 1.54) is 60.3 Å². The number of benzene rings is 5. The second kappa shape index (κ2) is 12.3.